The molecule has 2 aromatic carbocycles. The van der Waals surface area contributed by atoms with Crippen molar-refractivity contribution in [2.45, 2.75) is 50.0 Å². The summed E-state index contributed by atoms with van der Waals surface area (Å²) in [7, 11) is -3.65. The van der Waals surface area contributed by atoms with Crippen molar-refractivity contribution in [1.29, 1.82) is 0 Å². The van der Waals surface area contributed by atoms with Gasteiger partial charge in [0.25, 0.3) is 11.8 Å². The molecule has 3 N–H and O–H groups in total. The predicted molar refractivity (Wildman–Crippen MR) is 139 cm³/mol. The van der Waals surface area contributed by atoms with Gasteiger partial charge in [0.15, 0.2) is 0 Å². The molecule has 2 amide bonds. The number of carbonyl (C=O) groups is 2. The van der Waals surface area contributed by atoms with Crippen LogP contribution in [0, 0.1) is 0 Å². The zero-order valence-corrected chi connectivity index (χ0v) is 21.2. The molecule has 35 heavy (non-hydrogen) atoms. The fourth-order valence-electron chi connectivity index (χ4n) is 4.49. The van der Waals surface area contributed by atoms with E-state index in [1.165, 1.54) is 35.6 Å². The standard InChI is InChI=1S/C26H29N3O4S2/c1-2-29(20-11-7-4-8-12-20)35(32,33)21-15-13-19(14-16-21)25(31)28-26-22(24(27)30)17-23(34-26)18-9-5-3-6-10-18/h3,5-6,9-10,13-17,20H,2,4,7-8,11-12H2,1H3,(H2,27,30)(H,28,31). The van der Waals surface area contributed by atoms with Crippen LogP contribution in [0.15, 0.2) is 65.6 Å². The van der Waals surface area contributed by atoms with Crippen LogP contribution in [-0.4, -0.2) is 37.1 Å². The molecular formula is C26H29N3O4S2. The maximum absolute atomic E-state index is 13.3. The lowest BCUT2D eigenvalue weighted by Gasteiger charge is -2.32. The molecule has 0 aliphatic heterocycles. The van der Waals surface area contributed by atoms with Crippen molar-refractivity contribution < 1.29 is 18.0 Å². The highest BCUT2D eigenvalue weighted by atomic mass is 32.2. The van der Waals surface area contributed by atoms with Crippen LogP contribution < -0.4 is 11.1 Å². The molecule has 0 spiro atoms. The molecule has 4 rings (SSSR count). The van der Waals surface area contributed by atoms with Crippen LogP contribution in [0.4, 0.5) is 5.00 Å². The number of primary amides is 1. The summed E-state index contributed by atoms with van der Waals surface area (Å²) >= 11 is 1.26. The Morgan fingerprint density at radius 1 is 1.03 bits per heavy atom. The van der Waals surface area contributed by atoms with Gasteiger partial charge >= 0.3 is 0 Å². The maximum atomic E-state index is 13.3. The summed E-state index contributed by atoms with van der Waals surface area (Å²) in [5.74, 6) is -1.08. The van der Waals surface area contributed by atoms with Gasteiger partial charge in [0, 0.05) is 23.0 Å². The smallest absolute Gasteiger partial charge is 0.256 e. The maximum Gasteiger partial charge on any atom is 0.256 e. The molecule has 3 aromatic rings. The minimum atomic E-state index is -3.65. The van der Waals surface area contributed by atoms with Crippen LogP contribution in [0.5, 0.6) is 0 Å². The normalized spacial score (nSPS) is 14.7. The van der Waals surface area contributed by atoms with E-state index in [0.717, 1.165) is 42.5 Å². The van der Waals surface area contributed by atoms with E-state index in [4.69, 9.17) is 5.73 Å². The lowest BCUT2D eigenvalue weighted by Crippen LogP contribution is -2.41. The van der Waals surface area contributed by atoms with Gasteiger partial charge in [-0.25, -0.2) is 8.42 Å². The number of anilines is 1. The largest absolute Gasteiger partial charge is 0.366 e. The molecule has 0 radical (unpaired) electrons. The molecule has 184 valence electrons. The summed E-state index contributed by atoms with van der Waals surface area (Å²) in [6, 6.07) is 17.1. The van der Waals surface area contributed by atoms with Crippen LogP contribution in [0.3, 0.4) is 0 Å². The minimum absolute atomic E-state index is 0.0200. The first-order valence-electron chi connectivity index (χ1n) is 11.7. The fourth-order valence-corrected chi connectivity index (χ4v) is 7.25. The van der Waals surface area contributed by atoms with Gasteiger partial charge in [-0.05, 0) is 48.7 Å². The first-order valence-corrected chi connectivity index (χ1v) is 14.0. The van der Waals surface area contributed by atoms with Crippen molar-refractivity contribution in [2.75, 3.05) is 11.9 Å². The van der Waals surface area contributed by atoms with Crippen molar-refractivity contribution >= 4 is 38.2 Å². The lowest BCUT2D eigenvalue weighted by atomic mass is 9.95. The average Bonchev–Trinajstić information content (AvgIpc) is 3.30. The van der Waals surface area contributed by atoms with Gasteiger partial charge < -0.3 is 11.1 Å². The molecule has 1 saturated carbocycles. The van der Waals surface area contributed by atoms with Gasteiger partial charge in [0.2, 0.25) is 10.0 Å². The number of nitrogens with one attached hydrogen (secondary N) is 1. The second kappa shape index (κ2) is 10.7. The van der Waals surface area contributed by atoms with Crippen molar-refractivity contribution in [3.8, 4) is 10.4 Å². The van der Waals surface area contributed by atoms with Crippen LogP contribution in [0.1, 0.15) is 59.7 Å². The third-order valence-electron chi connectivity index (χ3n) is 6.30. The number of thiophene rings is 1. The molecule has 1 aliphatic carbocycles. The van der Waals surface area contributed by atoms with Gasteiger partial charge in [0.05, 0.1) is 10.5 Å². The number of carbonyl (C=O) groups excluding carboxylic acids is 2. The van der Waals surface area contributed by atoms with Crippen molar-refractivity contribution in [2.24, 2.45) is 5.73 Å². The van der Waals surface area contributed by atoms with Crippen LogP contribution in [-0.2, 0) is 10.0 Å². The van der Waals surface area contributed by atoms with Crippen molar-refractivity contribution in [1.82, 2.24) is 4.31 Å². The predicted octanol–water partition coefficient (Wildman–Crippen LogP) is 5.11. The number of rotatable bonds is 8. The molecular weight excluding hydrogens is 482 g/mol. The Kier molecular flexibility index (Phi) is 7.69. The highest BCUT2D eigenvalue weighted by molar-refractivity contribution is 7.89. The second-order valence-electron chi connectivity index (χ2n) is 8.56. The minimum Gasteiger partial charge on any atom is -0.366 e. The first-order chi connectivity index (χ1) is 16.8. The van der Waals surface area contributed by atoms with Gasteiger partial charge in [-0.3, -0.25) is 9.59 Å². The highest BCUT2D eigenvalue weighted by Crippen LogP contribution is 2.35. The van der Waals surface area contributed by atoms with Crippen LogP contribution in [0.2, 0.25) is 0 Å². The molecule has 0 saturated heterocycles. The SMILES string of the molecule is CCN(C1CCCCC1)S(=O)(=O)c1ccc(C(=O)Nc2sc(-c3ccccc3)cc2C(N)=O)cc1. The van der Waals surface area contributed by atoms with Gasteiger partial charge in [-0.2, -0.15) is 4.31 Å². The van der Waals surface area contributed by atoms with E-state index in [-0.39, 0.29) is 22.1 Å². The quantitative estimate of drug-likeness (QED) is 0.438. The van der Waals surface area contributed by atoms with E-state index in [1.807, 2.05) is 37.3 Å². The van der Waals surface area contributed by atoms with Crippen molar-refractivity contribution in [3.05, 3.63) is 71.8 Å². The van der Waals surface area contributed by atoms with Gasteiger partial charge in [-0.1, -0.05) is 56.5 Å². The zero-order chi connectivity index (χ0) is 25.0. The molecule has 0 bridgehead atoms. The molecule has 1 aliphatic rings. The van der Waals surface area contributed by atoms with Gasteiger partial charge in [0.1, 0.15) is 5.00 Å². The Balaban J connectivity index is 1.53. The number of hydrogen-bond donors (Lipinski definition) is 2. The van der Waals surface area contributed by atoms with Gasteiger partial charge in [-0.15, -0.1) is 11.3 Å². The highest BCUT2D eigenvalue weighted by Gasteiger charge is 2.31. The fraction of sp³-hybridized carbons (Fsp3) is 0.308. The Morgan fingerprint density at radius 3 is 2.29 bits per heavy atom. The Labute approximate surface area is 210 Å². The zero-order valence-electron chi connectivity index (χ0n) is 19.6. The summed E-state index contributed by atoms with van der Waals surface area (Å²) in [5.41, 5.74) is 6.96. The molecule has 1 heterocycles. The molecule has 0 unspecified atom stereocenters. The van der Waals surface area contributed by atoms with E-state index in [2.05, 4.69) is 5.32 Å². The number of nitrogens with two attached hydrogens (primary N) is 1. The number of sulfonamides is 1. The lowest BCUT2D eigenvalue weighted by molar-refractivity contribution is 0.100. The molecule has 0 atom stereocenters. The number of hydrogen-bond acceptors (Lipinski definition) is 5. The molecule has 7 nitrogen and oxygen atoms in total. The number of nitrogens with zero attached hydrogens (tertiary/aromatic N) is 1. The monoisotopic (exact) mass is 511 g/mol. The Bertz CT molecular complexity index is 1300. The summed E-state index contributed by atoms with van der Waals surface area (Å²) in [6.07, 6.45) is 4.98. The summed E-state index contributed by atoms with van der Waals surface area (Å²) < 4.78 is 28.1. The average molecular weight is 512 g/mol. The summed E-state index contributed by atoms with van der Waals surface area (Å²) in [4.78, 5) is 25.9. The second-order valence-corrected chi connectivity index (χ2v) is 11.5. The van der Waals surface area contributed by atoms with E-state index in [9.17, 15) is 18.0 Å². The topological polar surface area (TPSA) is 110 Å². The molecule has 1 fully saturated rings. The Morgan fingerprint density at radius 2 is 1.69 bits per heavy atom. The first kappa shape index (κ1) is 25.1. The summed E-state index contributed by atoms with van der Waals surface area (Å²) in [6.45, 7) is 2.27. The summed E-state index contributed by atoms with van der Waals surface area (Å²) in [5, 5.41) is 3.12. The molecule has 9 heteroatoms. The van der Waals surface area contributed by atoms with E-state index >= 15 is 0 Å². The third kappa shape index (κ3) is 5.47. The number of amides is 2. The third-order valence-corrected chi connectivity index (χ3v) is 9.44. The van der Waals surface area contributed by atoms with E-state index in [1.54, 1.807) is 10.4 Å². The van der Waals surface area contributed by atoms with E-state index in [0.29, 0.717) is 11.5 Å². The van der Waals surface area contributed by atoms with Crippen LogP contribution in [0.25, 0.3) is 10.4 Å². The van der Waals surface area contributed by atoms with Crippen LogP contribution >= 0.6 is 11.3 Å². The van der Waals surface area contributed by atoms with E-state index < -0.39 is 21.8 Å². The van der Waals surface area contributed by atoms with Crippen molar-refractivity contribution in [3.63, 3.8) is 0 Å². The number of benzene rings is 2. The molecule has 1 aromatic heterocycles. The Hall–Kier alpha value is -3.01.